The van der Waals surface area contributed by atoms with Gasteiger partial charge in [0.2, 0.25) is 5.91 Å². The lowest BCUT2D eigenvalue weighted by atomic mass is 10.2. The van der Waals surface area contributed by atoms with Gasteiger partial charge in [0.05, 0.1) is 11.3 Å². The van der Waals surface area contributed by atoms with E-state index in [9.17, 15) is 4.79 Å². The highest BCUT2D eigenvalue weighted by Gasteiger charge is 2.23. The summed E-state index contributed by atoms with van der Waals surface area (Å²) in [6, 6.07) is 8.09. The molecule has 0 unspecified atom stereocenters. The number of para-hydroxylation sites is 1. The van der Waals surface area contributed by atoms with Gasteiger partial charge in [-0.3, -0.25) is 9.89 Å². The molecule has 22 heavy (non-hydrogen) atoms. The molecule has 1 aliphatic carbocycles. The fourth-order valence-electron chi connectivity index (χ4n) is 2.11. The average molecular weight is 315 g/mol. The minimum Gasteiger partial charge on any atom is -0.409 e. The smallest absolute Gasteiger partial charge is 0.277 e. The van der Waals surface area contributed by atoms with Crippen LogP contribution in [0.15, 0.2) is 33.9 Å². The second kappa shape index (κ2) is 5.45. The third kappa shape index (κ3) is 2.69. The molecular weight excluding hydrogens is 302 g/mol. The van der Waals surface area contributed by atoms with Gasteiger partial charge in [0.1, 0.15) is 0 Å². The number of carbonyl (C=O) groups excluding carboxylic acids is 1. The number of nitrogens with zero attached hydrogens (tertiary/aromatic N) is 3. The third-order valence-electron chi connectivity index (χ3n) is 3.35. The van der Waals surface area contributed by atoms with E-state index < -0.39 is 0 Å². The van der Waals surface area contributed by atoms with Crippen molar-refractivity contribution in [3.63, 3.8) is 0 Å². The number of hydrogen-bond donors (Lipinski definition) is 2. The van der Waals surface area contributed by atoms with Gasteiger partial charge in [-0.25, -0.2) is 0 Å². The molecule has 1 fully saturated rings. The summed E-state index contributed by atoms with van der Waals surface area (Å²) in [4.78, 5) is 11.6. The number of H-pyrrole nitrogens is 1. The van der Waals surface area contributed by atoms with Gasteiger partial charge in [-0.2, -0.15) is 5.10 Å². The molecule has 0 bridgehead atoms. The minimum absolute atomic E-state index is 0.00234. The van der Waals surface area contributed by atoms with Crippen molar-refractivity contribution < 1.29 is 9.21 Å². The predicted molar refractivity (Wildman–Crippen MR) is 81.3 cm³/mol. The van der Waals surface area contributed by atoms with Crippen LogP contribution in [-0.4, -0.2) is 38.1 Å². The lowest BCUT2D eigenvalue weighted by molar-refractivity contribution is -0.118. The van der Waals surface area contributed by atoms with Crippen LogP contribution < -0.4 is 5.32 Å². The van der Waals surface area contributed by atoms with E-state index in [4.69, 9.17) is 4.42 Å². The van der Waals surface area contributed by atoms with Crippen molar-refractivity contribution in [2.24, 2.45) is 0 Å². The van der Waals surface area contributed by atoms with Gasteiger partial charge < -0.3 is 9.73 Å². The lowest BCUT2D eigenvalue weighted by Crippen LogP contribution is -2.26. The van der Waals surface area contributed by atoms with E-state index >= 15 is 0 Å². The Morgan fingerprint density at radius 1 is 1.36 bits per heavy atom. The van der Waals surface area contributed by atoms with Gasteiger partial charge in [-0.1, -0.05) is 30.0 Å². The highest BCUT2D eigenvalue weighted by atomic mass is 32.2. The van der Waals surface area contributed by atoms with Crippen LogP contribution in [-0.2, 0) is 4.79 Å². The first-order valence-corrected chi connectivity index (χ1v) is 7.97. The molecular formula is C14H13N5O2S. The number of rotatable bonds is 5. The Morgan fingerprint density at radius 2 is 2.23 bits per heavy atom. The van der Waals surface area contributed by atoms with E-state index in [0.29, 0.717) is 22.8 Å². The van der Waals surface area contributed by atoms with Gasteiger partial charge in [0.25, 0.3) is 11.1 Å². The number of carbonyl (C=O) groups is 1. The fraction of sp³-hybridized carbons (Fsp3) is 0.286. The first kappa shape index (κ1) is 13.3. The summed E-state index contributed by atoms with van der Waals surface area (Å²) in [6.45, 7) is 0. The zero-order chi connectivity index (χ0) is 14.9. The van der Waals surface area contributed by atoms with Crippen molar-refractivity contribution in [3.05, 3.63) is 24.3 Å². The molecule has 7 nitrogen and oxygen atoms in total. The molecule has 4 rings (SSSR count). The van der Waals surface area contributed by atoms with Crippen LogP contribution in [0.1, 0.15) is 12.8 Å². The van der Waals surface area contributed by atoms with Gasteiger partial charge in [-0.15, -0.1) is 10.2 Å². The Bertz CT molecular complexity index is 823. The second-order valence-electron chi connectivity index (χ2n) is 5.12. The second-order valence-corrected chi connectivity index (χ2v) is 6.05. The Morgan fingerprint density at radius 3 is 3.09 bits per heavy atom. The molecule has 1 saturated carbocycles. The topological polar surface area (TPSA) is 96.7 Å². The number of nitrogens with one attached hydrogen (secondary N) is 2. The molecule has 1 aromatic carbocycles. The molecule has 2 heterocycles. The molecule has 3 aromatic rings. The van der Waals surface area contributed by atoms with E-state index in [-0.39, 0.29) is 11.7 Å². The maximum Gasteiger partial charge on any atom is 0.277 e. The van der Waals surface area contributed by atoms with Crippen LogP contribution in [0.4, 0.5) is 0 Å². The maximum atomic E-state index is 11.6. The number of benzene rings is 1. The molecule has 0 radical (unpaired) electrons. The Labute approximate surface area is 129 Å². The van der Waals surface area contributed by atoms with Crippen molar-refractivity contribution in [2.45, 2.75) is 24.1 Å². The summed E-state index contributed by atoms with van der Waals surface area (Å²) in [5.41, 5.74) is 1.53. The van der Waals surface area contributed by atoms with Crippen LogP contribution >= 0.6 is 11.8 Å². The van der Waals surface area contributed by atoms with E-state index in [1.807, 2.05) is 24.3 Å². The molecule has 0 saturated heterocycles. The number of aromatic amines is 1. The zero-order valence-electron chi connectivity index (χ0n) is 11.6. The number of hydrogen-bond acceptors (Lipinski definition) is 6. The summed E-state index contributed by atoms with van der Waals surface area (Å²) in [5.74, 6) is 0.624. The SMILES string of the molecule is O=C(CSc1nnc(-c2n[nH]c3ccccc23)o1)NC1CC1. The predicted octanol–water partition coefficient (Wildman–Crippen LogP) is 1.98. The number of amides is 1. The molecule has 2 N–H and O–H groups in total. The standard InChI is InChI=1S/C14H13N5O2S/c20-11(15-8-5-6-8)7-22-14-19-18-13(21-14)12-9-3-1-2-4-10(9)16-17-12/h1-4,8H,5-7H2,(H,15,20)(H,16,17). The van der Waals surface area contributed by atoms with Crippen LogP contribution in [0.5, 0.6) is 0 Å². The van der Waals surface area contributed by atoms with Gasteiger partial charge >= 0.3 is 0 Å². The summed E-state index contributed by atoms with van der Waals surface area (Å²) in [6.07, 6.45) is 2.15. The van der Waals surface area contributed by atoms with Crippen molar-refractivity contribution in [2.75, 3.05) is 5.75 Å². The highest BCUT2D eigenvalue weighted by molar-refractivity contribution is 7.99. The molecule has 0 aliphatic heterocycles. The maximum absolute atomic E-state index is 11.6. The van der Waals surface area contributed by atoms with E-state index in [0.717, 1.165) is 23.7 Å². The molecule has 0 atom stereocenters. The normalized spacial score (nSPS) is 14.4. The van der Waals surface area contributed by atoms with Crippen LogP contribution in [0, 0.1) is 0 Å². The molecule has 8 heteroatoms. The molecule has 1 amide bonds. The minimum atomic E-state index is -0.00234. The highest BCUT2D eigenvalue weighted by Crippen LogP contribution is 2.27. The van der Waals surface area contributed by atoms with Gasteiger partial charge in [0.15, 0.2) is 5.69 Å². The summed E-state index contributed by atoms with van der Waals surface area (Å²) >= 11 is 1.23. The third-order valence-corrected chi connectivity index (χ3v) is 4.17. The number of fused-ring (bicyclic) bond motifs is 1. The molecule has 112 valence electrons. The Kier molecular flexibility index (Phi) is 3.30. The Hall–Kier alpha value is -2.35. The summed E-state index contributed by atoms with van der Waals surface area (Å²) in [5, 5.41) is 19.3. The van der Waals surface area contributed by atoms with Crippen molar-refractivity contribution in [3.8, 4) is 11.6 Å². The first-order valence-electron chi connectivity index (χ1n) is 6.99. The van der Waals surface area contributed by atoms with E-state index in [2.05, 4.69) is 25.7 Å². The van der Waals surface area contributed by atoms with Gasteiger partial charge in [-0.05, 0) is 18.9 Å². The Balaban J connectivity index is 1.47. The first-order chi connectivity index (χ1) is 10.8. The van der Waals surface area contributed by atoms with Crippen molar-refractivity contribution in [1.82, 2.24) is 25.7 Å². The van der Waals surface area contributed by atoms with Crippen LogP contribution in [0.2, 0.25) is 0 Å². The van der Waals surface area contributed by atoms with Crippen LogP contribution in [0.3, 0.4) is 0 Å². The van der Waals surface area contributed by atoms with Gasteiger partial charge in [0, 0.05) is 11.4 Å². The monoisotopic (exact) mass is 315 g/mol. The number of thioether (sulfide) groups is 1. The molecule has 1 aliphatic rings. The van der Waals surface area contributed by atoms with Crippen molar-refractivity contribution >= 4 is 28.6 Å². The molecule has 0 spiro atoms. The zero-order valence-corrected chi connectivity index (χ0v) is 12.4. The lowest BCUT2D eigenvalue weighted by Gasteiger charge is -1.99. The fourth-order valence-corrected chi connectivity index (χ4v) is 2.69. The summed E-state index contributed by atoms with van der Waals surface area (Å²) < 4.78 is 5.59. The largest absolute Gasteiger partial charge is 0.409 e. The van der Waals surface area contributed by atoms with E-state index in [1.165, 1.54) is 11.8 Å². The quantitative estimate of drug-likeness (QED) is 0.699. The van der Waals surface area contributed by atoms with Crippen LogP contribution in [0.25, 0.3) is 22.5 Å². The summed E-state index contributed by atoms with van der Waals surface area (Å²) in [7, 11) is 0. The average Bonchev–Trinajstić information content (AvgIpc) is 3.06. The van der Waals surface area contributed by atoms with E-state index in [1.54, 1.807) is 0 Å². The van der Waals surface area contributed by atoms with Crippen molar-refractivity contribution in [1.29, 1.82) is 0 Å². The molecule has 2 aromatic heterocycles. The number of aromatic nitrogens is 4.